The molecule has 9 heteroatoms. The number of urea groups is 1. The minimum atomic E-state index is -4.90. The highest BCUT2D eigenvalue weighted by molar-refractivity contribution is 5.76. The molecular weight excluding hydrogens is 302 g/mol. The summed E-state index contributed by atoms with van der Waals surface area (Å²) < 4.78 is 76.4. The lowest BCUT2D eigenvalue weighted by Gasteiger charge is -2.21. The molecule has 21 heavy (non-hydrogen) atoms. The van der Waals surface area contributed by atoms with E-state index in [-0.39, 0.29) is 18.2 Å². The maximum Gasteiger partial charge on any atom is 0.416 e. The summed E-state index contributed by atoms with van der Waals surface area (Å²) in [6, 6.07) is -0.0898. The number of benzene rings is 1. The van der Waals surface area contributed by atoms with Gasteiger partial charge in [-0.1, -0.05) is 0 Å². The van der Waals surface area contributed by atoms with Crippen LogP contribution in [0.1, 0.15) is 22.7 Å². The highest BCUT2D eigenvalue weighted by Crippen LogP contribution is 2.38. The van der Waals surface area contributed by atoms with Gasteiger partial charge in [-0.2, -0.15) is 26.3 Å². The number of hydrogen-bond acceptors (Lipinski definition) is 1. The Balaban J connectivity index is 2.53. The molecular formula is C12H10F6N2O. The summed E-state index contributed by atoms with van der Waals surface area (Å²) in [5.74, 6) is 0. The second-order valence-electron chi connectivity index (χ2n) is 4.65. The number of nitrogens with one attached hydrogen (secondary N) is 1. The Hall–Kier alpha value is -1.93. The van der Waals surface area contributed by atoms with Gasteiger partial charge in [0.2, 0.25) is 0 Å². The number of hydrogen-bond donors (Lipinski definition) is 1. The van der Waals surface area contributed by atoms with Crippen molar-refractivity contribution in [2.45, 2.75) is 18.4 Å². The first-order valence-electron chi connectivity index (χ1n) is 5.80. The molecule has 1 aliphatic heterocycles. The lowest BCUT2D eigenvalue weighted by Crippen LogP contribution is -2.25. The van der Waals surface area contributed by atoms with Gasteiger partial charge in [-0.3, -0.25) is 0 Å². The lowest BCUT2D eigenvalue weighted by molar-refractivity contribution is -0.143. The molecule has 116 valence electrons. The first kappa shape index (κ1) is 15.5. The third-order valence-corrected chi connectivity index (χ3v) is 3.23. The van der Waals surface area contributed by atoms with Gasteiger partial charge in [-0.15, -0.1) is 0 Å². The summed E-state index contributed by atoms with van der Waals surface area (Å²) in [6.45, 7) is -0.0477. The van der Waals surface area contributed by atoms with Crippen LogP contribution in [0.15, 0.2) is 18.2 Å². The maximum absolute atomic E-state index is 12.7. The van der Waals surface area contributed by atoms with E-state index in [0.29, 0.717) is 12.1 Å². The van der Waals surface area contributed by atoms with E-state index >= 15 is 0 Å². The van der Waals surface area contributed by atoms with E-state index < -0.39 is 35.6 Å². The van der Waals surface area contributed by atoms with Crippen LogP contribution in [0.3, 0.4) is 0 Å². The molecule has 1 atom stereocenters. The normalized spacial score (nSPS) is 19.9. The lowest BCUT2D eigenvalue weighted by atomic mass is 9.99. The predicted octanol–water partition coefficient (Wildman–Crippen LogP) is 3.42. The molecule has 0 radical (unpaired) electrons. The van der Waals surface area contributed by atoms with Gasteiger partial charge in [0.05, 0.1) is 17.2 Å². The van der Waals surface area contributed by atoms with Crippen molar-refractivity contribution < 1.29 is 31.1 Å². The Morgan fingerprint density at radius 1 is 1.05 bits per heavy atom. The van der Waals surface area contributed by atoms with Gasteiger partial charge < -0.3 is 10.2 Å². The molecule has 2 amide bonds. The summed E-state index contributed by atoms with van der Waals surface area (Å²) in [7, 11) is 1.31. The number of nitrogens with zero attached hydrogens (tertiary/aromatic N) is 1. The van der Waals surface area contributed by atoms with E-state index in [1.54, 1.807) is 0 Å². The zero-order valence-corrected chi connectivity index (χ0v) is 10.6. The van der Waals surface area contributed by atoms with Crippen molar-refractivity contribution in [3.8, 4) is 0 Å². The molecule has 1 saturated heterocycles. The van der Waals surface area contributed by atoms with E-state index in [1.165, 1.54) is 7.05 Å². The summed E-state index contributed by atoms with van der Waals surface area (Å²) in [4.78, 5) is 12.4. The molecule has 0 aliphatic carbocycles. The van der Waals surface area contributed by atoms with Gasteiger partial charge in [0.15, 0.2) is 0 Å². The predicted molar refractivity (Wildman–Crippen MR) is 60.3 cm³/mol. The molecule has 0 aromatic heterocycles. The van der Waals surface area contributed by atoms with Crippen LogP contribution in [0, 0.1) is 0 Å². The summed E-state index contributed by atoms with van der Waals surface area (Å²) in [5.41, 5.74) is -2.99. The molecule has 0 bridgehead atoms. The van der Waals surface area contributed by atoms with Crippen molar-refractivity contribution in [1.29, 1.82) is 0 Å². The summed E-state index contributed by atoms with van der Waals surface area (Å²) >= 11 is 0. The van der Waals surface area contributed by atoms with E-state index in [0.717, 1.165) is 4.90 Å². The zero-order valence-electron chi connectivity index (χ0n) is 10.6. The molecule has 1 aromatic carbocycles. The number of rotatable bonds is 1. The van der Waals surface area contributed by atoms with Gasteiger partial charge in [0.1, 0.15) is 0 Å². The minimum Gasteiger partial charge on any atom is -0.336 e. The molecule has 1 heterocycles. The van der Waals surface area contributed by atoms with Crippen LogP contribution in [-0.2, 0) is 12.4 Å². The monoisotopic (exact) mass is 312 g/mol. The largest absolute Gasteiger partial charge is 0.416 e. The molecule has 3 nitrogen and oxygen atoms in total. The molecule has 1 aliphatic rings. The van der Waals surface area contributed by atoms with E-state index in [1.807, 2.05) is 0 Å². The van der Waals surface area contributed by atoms with Crippen LogP contribution in [0.25, 0.3) is 0 Å². The van der Waals surface area contributed by atoms with E-state index in [2.05, 4.69) is 5.32 Å². The number of alkyl halides is 6. The molecule has 2 rings (SSSR count). The number of halogens is 6. The number of likely N-dealkylation sites (N-methyl/N-ethyl adjacent to an activating group) is 1. The van der Waals surface area contributed by atoms with Crippen LogP contribution in [-0.4, -0.2) is 24.5 Å². The Morgan fingerprint density at radius 3 is 1.86 bits per heavy atom. The standard InChI is InChI=1S/C12H10F6N2O/c1-20-9(5-19-10(20)21)6-2-7(11(13,14)15)4-8(3-6)12(16,17)18/h2-4,9H,5H2,1H3,(H,19,21). The van der Waals surface area contributed by atoms with Crippen LogP contribution < -0.4 is 5.32 Å². The Kier molecular flexibility index (Phi) is 3.54. The van der Waals surface area contributed by atoms with Gasteiger partial charge in [-0.05, 0) is 23.8 Å². The van der Waals surface area contributed by atoms with Crippen molar-refractivity contribution >= 4 is 6.03 Å². The summed E-state index contributed by atoms with van der Waals surface area (Å²) in [5, 5.41) is 2.36. The highest BCUT2D eigenvalue weighted by atomic mass is 19.4. The Labute approximate surface area is 115 Å². The minimum absolute atomic E-state index is 0.0477. The maximum atomic E-state index is 12.7. The van der Waals surface area contributed by atoms with Crippen molar-refractivity contribution in [1.82, 2.24) is 10.2 Å². The third-order valence-electron chi connectivity index (χ3n) is 3.23. The topological polar surface area (TPSA) is 32.3 Å². The van der Waals surface area contributed by atoms with Crippen molar-refractivity contribution in [3.63, 3.8) is 0 Å². The number of carbonyl (C=O) groups is 1. The van der Waals surface area contributed by atoms with Crippen LogP contribution >= 0.6 is 0 Å². The van der Waals surface area contributed by atoms with Crippen LogP contribution in [0.4, 0.5) is 31.1 Å². The zero-order chi connectivity index (χ0) is 16.0. The second-order valence-corrected chi connectivity index (χ2v) is 4.65. The Morgan fingerprint density at radius 2 is 1.52 bits per heavy atom. The highest BCUT2D eigenvalue weighted by Gasteiger charge is 2.39. The average Bonchev–Trinajstić information content (AvgIpc) is 2.67. The average molecular weight is 312 g/mol. The Bertz CT molecular complexity index is 534. The molecule has 1 unspecified atom stereocenters. The van der Waals surface area contributed by atoms with Crippen molar-refractivity contribution in [2.24, 2.45) is 0 Å². The number of amides is 2. The van der Waals surface area contributed by atoms with Gasteiger partial charge in [-0.25, -0.2) is 4.79 Å². The van der Waals surface area contributed by atoms with Crippen molar-refractivity contribution in [2.75, 3.05) is 13.6 Å². The fourth-order valence-corrected chi connectivity index (χ4v) is 2.10. The molecule has 1 N–H and O–H groups in total. The van der Waals surface area contributed by atoms with Crippen LogP contribution in [0.2, 0.25) is 0 Å². The fraction of sp³-hybridized carbons (Fsp3) is 0.417. The van der Waals surface area contributed by atoms with Crippen LogP contribution in [0.5, 0.6) is 0 Å². The molecule has 1 aromatic rings. The summed E-state index contributed by atoms with van der Waals surface area (Å²) in [6.07, 6.45) is -9.80. The molecule has 1 fully saturated rings. The SMILES string of the molecule is CN1C(=O)NCC1c1cc(C(F)(F)F)cc(C(F)(F)F)c1. The van der Waals surface area contributed by atoms with Gasteiger partial charge in [0, 0.05) is 13.6 Å². The third kappa shape index (κ3) is 3.06. The van der Waals surface area contributed by atoms with E-state index in [9.17, 15) is 31.1 Å². The first-order chi connectivity index (χ1) is 9.50. The first-order valence-corrected chi connectivity index (χ1v) is 5.80. The van der Waals surface area contributed by atoms with Gasteiger partial charge >= 0.3 is 18.4 Å². The molecule has 0 saturated carbocycles. The van der Waals surface area contributed by atoms with E-state index in [4.69, 9.17) is 0 Å². The smallest absolute Gasteiger partial charge is 0.336 e. The second kappa shape index (κ2) is 4.81. The fourth-order valence-electron chi connectivity index (χ4n) is 2.10. The molecule has 0 spiro atoms. The number of carbonyl (C=O) groups excluding carboxylic acids is 1. The van der Waals surface area contributed by atoms with Gasteiger partial charge in [0.25, 0.3) is 0 Å². The van der Waals surface area contributed by atoms with Crippen molar-refractivity contribution in [3.05, 3.63) is 34.9 Å². The quantitative estimate of drug-likeness (QED) is 0.792.